The number of nitrogens with one attached hydrogen (secondary N) is 1. The van der Waals surface area contributed by atoms with Crippen LogP contribution in [0.5, 0.6) is 6.01 Å². The van der Waals surface area contributed by atoms with Crippen LogP contribution >= 0.6 is 7.82 Å². The van der Waals surface area contributed by atoms with Crippen LogP contribution in [0, 0.1) is 5.82 Å². The summed E-state index contributed by atoms with van der Waals surface area (Å²) in [4.78, 5) is 23.4. The maximum atomic E-state index is 13.7. The summed E-state index contributed by atoms with van der Waals surface area (Å²) in [5.41, 5.74) is -2.98. The Morgan fingerprint density at radius 2 is 1.71 bits per heavy atom. The zero-order valence-corrected chi connectivity index (χ0v) is 21.8. The van der Waals surface area contributed by atoms with Crippen LogP contribution in [0.2, 0.25) is 0 Å². The highest BCUT2D eigenvalue weighted by Crippen LogP contribution is 2.40. The summed E-state index contributed by atoms with van der Waals surface area (Å²) < 4.78 is 121. The molecule has 0 bridgehead atoms. The van der Waals surface area contributed by atoms with E-state index >= 15 is 0 Å². The number of H-pyrrole nitrogens is 1. The second-order valence-corrected chi connectivity index (χ2v) is 10.1. The Morgan fingerprint density at radius 1 is 1.10 bits per heavy atom. The highest BCUT2D eigenvalue weighted by atomic mass is 31.2. The zero-order valence-electron chi connectivity index (χ0n) is 20.9. The van der Waals surface area contributed by atoms with Gasteiger partial charge in [-0.25, -0.2) is 8.96 Å². The molecule has 2 aromatic carbocycles. The Balaban J connectivity index is 1.64. The first-order valence-corrected chi connectivity index (χ1v) is 13.2. The predicted molar refractivity (Wildman–Crippen MR) is 124 cm³/mol. The van der Waals surface area contributed by atoms with Crippen molar-refractivity contribution in [3.63, 3.8) is 0 Å². The van der Waals surface area contributed by atoms with Gasteiger partial charge in [-0.3, -0.25) is 19.8 Å². The standard InChI is InChI=1S/C23H22F7N4O6P/c1-12(14-8-15(22(25,26)27)10-16(9-14)23(28,29)30)39-20-19(13-2-4-17(24)5-3-13)34(6-7-38-20)11-18-31-21(33-32-18)40-41(35,36)37/h2-5,8-10,12,19-20H,6-7,11H2,1H3,(H,31,32,33)(H2,35,36,37). The van der Waals surface area contributed by atoms with Gasteiger partial charge in [-0.15, -0.1) is 5.10 Å². The maximum Gasteiger partial charge on any atom is 0.527 e. The van der Waals surface area contributed by atoms with Crippen LogP contribution in [-0.4, -0.2) is 49.3 Å². The van der Waals surface area contributed by atoms with Crippen molar-refractivity contribution in [3.8, 4) is 6.01 Å². The van der Waals surface area contributed by atoms with Crippen LogP contribution in [0.15, 0.2) is 42.5 Å². The van der Waals surface area contributed by atoms with Crippen molar-refractivity contribution in [3.05, 3.63) is 76.4 Å². The highest BCUT2D eigenvalue weighted by Gasteiger charge is 2.39. The molecule has 1 aliphatic rings. The molecule has 2 heterocycles. The summed E-state index contributed by atoms with van der Waals surface area (Å²) in [7, 11) is -4.94. The number of alkyl halides is 6. The molecular formula is C23H22F7N4O6P. The van der Waals surface area contributed by atoms with Gasteiger partial charge in [0.25, 0.3) is 0 Å². The van der Waals surface area contributed by atoms with Gasteiger partial charge in [-0.2, -0.15) is 31.3 Å². The number of morpholine rings is 1. The van der Waals surface area contributed by atoms with Gasteiger partial charge >= 0.3 is 26.2 Å². The van der Waals surface area contributed by atoms with E-state index in [0.29, 0.717) is 17.7 Å². The van der Waals surface area contributed by atoms with Crippen LogP contribution in [-0.2, 0) is 32.9 Å². The minimum Gasteiger partial charge on any atom is -0.367 e. The quantitative estimate of drug-likeness (QED) is 0.234. The van der Waals surface area contributed by atoms with E-state index in [1.807, 2.05) is 0 Å². The molecule has 3 unspecified atom stereocenters. The van der Waals surface area contributed by atoms with E-state index in [1.54, 1.807) is 4.90 Å². The molecule has 0 spiro atoms. The van der Waals surface area contributed by atoms with Crippen molar-refractivity contribution >= 4 is 7.82 Å². The number of phosphoric ester groups is 1. The smallest absolute Gasteiger partial charge is 0.367 e. The molecule has 0 aliphatic carbocycles. The van der Waals surface area contributed by atoms with Gasteiger partial charge in [0, 0.05) is 6.54 Å². The largest absolute Gasteiger partial charge is 0.527 e. The first-order valence-electron chi connectivity index (χ1n) is 11.7. The molecule has 3 atom stereocenters. The first-order chi connectivity index (χ1) is 19.0. The second kappa shape index (κ2) is 11.7. The number of rotatable bonds is 8. The molecule has 0 radical (unpaired) electrons. The zero-order chi connectivity index (χ0) is 30.2. The summed E-state index contributed by atoms with van der Waals surface area (Å²) in [6.07, 6.45) is -12.7. The molecule has 4 rings (SSSR count). The molecule has 18 heteroatoms. The lowest BCUT2D eigenvalue weighted by Gasteiger charge is -2.41. The van der Waals surface area contributed by atoms with Crippen molar-refractivity contribution < 1.29 is 59.1 Å². The van der Waals surface area contributed by atoms with Crippen molar-refractivity contribution in [2.24, 2.45) is 0 Å². The molecule has 1 saturated heterocycles. The van der Waals surface area contributed by atoms with E-state index in [0.717, 1.165) is 12.1 Å². The summed E-state index contributed by atoms with van der Waals surface area (Å²) in [5, 5.41) is 6.02. The number of aromatic amines is 1. The fourth-order valence-electron chi connectivity index (χ4n) is 4.19. The van der Waals surface area contributed by atoms with Gasteiger partial charge in [0.1, 0.15) is 11.6 Å². The molecule has 3 N–H and O–H groups in total. The monoisotopic (exact) mass is 614 g/mol. The van der Waals surface area contributed by atoms with Gasteiger partial charge < -0.3 is 14.0 Å². The number of hydrogen-bond donors (Lipinski definition) is 3. The molecule has 1 aromatic heterocycles. The Hall–Kier alpha value is -3.08. The van der Waals surface area contributed by atoms with Gasteiger partial charge in [0.05, 0.1) is 36.4 Å². The number of nitrogens with zero attached hydrogens (tertiary/aromatic N) is 3. The maximum absolute atomic E-state index is 13.7. The molecule has 41 heavy (non-hydrogen) atoms. The fourth-order valence-corrected chi connectivity index (χ4v) is 4.48. The molecule has 224 valence electrons. The van der Waals surface area contributed by atoms with E-state index in [2.05, 4.69) is 19.7 Å². The molecular weight excluding hydrogens is 592 g/mol. The number of hydrogen-bond acceptors (Lipinski definition) is 7. The van der Waals surface area contributed by atoms with Gasteiger partial charge in [-0.1, -0.05) is 12.1 Å². The average molecular weight is 614 g/mol. The molecule has 1 fully saturated rings. The molecule has 0 saturated carbocycles. The van der Waals surface area contributed by atoms with Crippen LogP contribution < -0.4 is 4.52 Å². The number of phosphoric acid groups is 1. The minimum atomic E-state index is -5.05. The van der Waals surface area contributed by atoms with Crippen molar-refractivity contribution in [1.82, 2.24) is 20.1 Å². The van der Waals surface area contributed by atoms with E-state index < -0.39 is 67.1 Å². The van der Waals surface area contributed by atoms with Gasteiger partial charge in [-0.05, 0) is 48.4 Å². The summed E-state index contributed by atoms with van der Waals surface area (Å²) >= 11 is 0. The number of benzene rings is 2. The van der Waals surface area contributed by atoms with Crippen molar-refractivity contribution in [2.75, 3.05) is 13.2 Å². The molecule has 10 nitrogen and oxygen atoms in total. The topological polar surface area (TPSA) is 130 Å². The normalized spacial score (nSPS) is 19.8. The predicted octanol–water partition coefficient (Wildman–Crippen LogP) is 5.13. The van der Waals surface area contributed by atoms with E-state index in [1.165, 1.54) is 19.1 Å². The summed E-state index contributed by atoms with van der Waals surface area (Å²) in [6, 6.07) is 4.71. The molecule has 1 aliphatic heterocycles. The van der Waals surface area contributed by atoms with E-state index in [4.69, 9.17) is 19.3 Å². The number of aromatic nitrogens is 3. The third-order valence-corrected chi connectivity index (χ3v) is 6.41. The van der Waals surface area contributed by atoms with Gasteiger partial charge in [0.15, 0.2) is 6.29 Å². The lowest BCUT2D eigenvalue weighted by molar-refractivity contribution is -0.231. The Kier molecular flexibility index (Phi) is 8.78. The third-order valence-electron chi connectivity index (χ3n) is 6.01. The van der Waals surface area contributed by atoms with Crippen molar-refractivity contribution in [1.29, 1.82) is 0 Å². The van der Waals surface area contributed by atoms with Crippen LogP contribution in [0.25, 0.3) is 0 Å². The first kappa shape index (κ1) is 30.9. The Bertz CT molecular complexity index is 1360. The van der Waals surface area contributed by atoms with Crippen molar-refractivity contribution in [2.45, 2.75) is 44.3 Å². The Morgan fingerprint density at radius 3 is 2.27 bits per heavy atom. The summed E-state index contributed by atoms with van der Waals surface area (Å²) in [6.45, 7) is 1.40. The average Bonchev–Trinajstić information content (AvgIpc) is 3.28. The Labute approximate surface area is 227 Å². The second-order valence-electron chi connectivity index (χ2n) is 8.97. The fraction of sp³-hybridized carbons (Fsp3) is 0.391. The molecule has 3 aromatic rings. The molecule has 0 amide bonds. The minimum absolute atomic E-state index is 0.00541. The SMILES string of the molecule is CC(OC1OCCN(Cc2nc(OP(=O)(O)O)n[nH]2)C1c1ccc(F)cc1)c1cc(C(F)(F)F)cc(C(F)(F)F)c1. The van der Waals surface area contributed by atoms with E-state index in [-0.39, 0.29) is 31.6 Å². The van der Waals surface area contributed by atoms with E-state index in [9.17, 15) is 35.3 Å². The number of halogens is 7. The lowest BCUT2D eigenvalue weighted by Crippen LogP contribution is -2.46. The lowest BCUT2D eigenvalue weighted by atomic mass is 10.0. The number of ether oxygens (including phenoxy) is 2. The highest BCUT2D eigenvalue weighted by molar-refractivity contribution is 7.46. The van der Waals surface area contributed by atoms with Crippen LogP contribution in [0.3, 0.4) is 0 Å². The summed E-state index contributed by atoms with van der Waals surface area (Å²) in [5.74, 6) is -0.483. The van der Waals surface area contributed by atoms with Crippen LogP contribution in [0.4, 0.5) is 30.7 Å². The van der Waals surface area contributed by atoms with Crippen LogP contribution in [0.1, 0.15) is 47.1 Å². The third kappa shape index (κ3) is 8.02. The van der Waals surface area contributed by atoms with Gasteiger partial charge in [0.2, 0.25) is 0 Å².